The highest BCUT2D eigenvalue weighted by atomic mass is 27.2. The summed E-state index contributed by atoms with van der Waals surface area (Å²) in [6.45, 7) is 6.69. The molecule has 0 aromatic carbocycles. The van der Waals surface area contributed by atoms with E-state index in [4.69, 9.17) is 8.53 Å². The predicted octanol–water partition coefficient (Wildman–Crippen LogP) is 4.37. The van der Waals surface area contributed by atoms with Gasteiger partial charge in [0.2, 0.25) is 0 Å². The van der Waals surface area contributed by atoms with Gasteiger partial charge in [0.15, 0.2) is 0 Å². The standard InChI is InChI=1S/C5H11O2.2C4H9.Al/c1-3-4-5(6)7-2;2*1-3-4-2;/h5H,3-4H2,1-2H3;2*1,3-4H2,2H3;/q-1;;;+1. The summed E-state index contributed by atoms with van der Waals surface area (Å²) in [5, 5.41) is 2.64. The zero-order valence-electron chi connectivity index (χ0n) is 11.6. The summed E-state index contributed by atoms with van der Waals surface area (Å²) in [7, 11) is 1.77. The molecule has 0 aromatic heterocycles. The number of hydrogen-bond donors (Lipinski definition) is 0. The normalized spacial score (nSPS) is 12.8. The average Bonchev–Trinajstić information content (AvgIpc) is 2.31. The van der Waals surface area contributed by atoms with Crippen molar-refractivity contribution in [1.82, 2.24) is 0 Å². The molecule has 0 fully saturated rings. The van der Waals surface area contributed by atoms with Crippen LogP contribution in [0.25, 0.3) is 0 Å². The van der Waals surface area contributed by atoms with Crippen molar-refractivity contribution < 1.29 is 8.53 Å². The molecule has 0 saturated heterocycles. The lowest BCUT2D eigenvalue weighted by Gasteiger charge is -2.21. The van der Waals surface area contributed by atoms with Gasteiger partial charge in [-0.15, -0.1) is 0 Å². The molecule has 0 aliphatic rings. The van der Waals surface area contributed by atoms with Crippen LogP contribution in [0.4, 0.5) is 0 Å². The first kappa shape index (κ1) is 16.5. The first-order valence-corrected chi connectivity index (χ1v) is 9.07. The number of methoxy groups -OCH3 is 1. The Balaban J connectivity index is 3.94. The van der Waals surface area contributed by atoms with Crippen LogP contribution in [0.15, 0.2) is 0 Å². The molecule has 0 spiro atoms. The molecule has 0 saturated carbocycles. The molecule has 16 heavy (non-hydrogen) atoms. The van der Waals surface area contributed by atoms with E-state index < -0.39 is 14.5 Å². The van der Waals surface area contributed by atoms with Crippen LogP contribution in [0.1, 0.15) is 59.3 Å². The fourth-order valence-corrected chi connectivity index (χ4v) is 4.80. The highest BCUT2D eigenvalue weighted by molar-refractivity contribution is 6.51. The average molecular weight is 244 g/mol. The molecule has 0 rings (SSSR count). The fourth-order valence-electron chi connectivity index (χ4n) is 1.84. The van der Waals surface area contributed by atoms with Crippen molar-refractivity contribution >= 4 is 14.5 Å². The Morgan fingerprint density at radius 2 is 1.50 bits per heavy atom. The Kier molecular flexibility index (Phi) is 12.3. The van der Waals surface area contributed by atoms with Crippen molar-refractivity contribution in [3.8, 4) is 0 Å². The molecule has 0 aliphatic heterocycles. The summed E-state index contributed by atoms with van der Waals surface area (Å²) >= 11 is -1.00. The Labute approximate surface area is 106 Å². The number of ether oxygens (including phenoxy) is 1. The van der Waals surface area contributed by atoms with Crippen LogP contribution in [-0.4, -0.2) is 27.9 Å². The molecule has 0 heterocycles. The van der Waals surface area contributed by atoms with Crippen LogP contribution in [0.2, 0.25) is 10.6 Å². The van der Waals surface area contributed by atoms with E-state index in [1.165, 1.54) is 36.2 Å². The Morgan fingerprint density at radius 3 is 1.88 bits per heavy atom. The van der Waals surface area contributed by atoms with Gasteiger partial charge in [-0.1, -0.05) is 63.4 Å². The number of unbranched alkanes of at least 4 members (excludes halogenated alkanes) is 2. The number of hydrogen-bond acceptors (Lipinski definition) is 2. The second kappa shape index (κ2) is 11.9. The molecule has 96 valence electrons. The lowest BCUT2D eigenvalue weighted by Crippen LogP contribution is -2.27. The third-order valence-electron chi connectivity index (χ3n) is 2.89. The largest absolute Gasteiger partial charge is 0.478 e. The van der Waals surface area contributed by atoms with Crippen LogP contribution in [0.5, 0.6) is 0 Å². The van der Waals surface area contributed by atoms with E-state index >= 15 is 0 Å². The minimum atomic E-state index is -1.00. The minimum Gasteiger partial charge on any atom is -0.478 e. The molecule has 1 unspecified atom stereocenters. The molecule has 0 aromatic rings. The quantitative estimate of drug-likeness (QED) is 0.397. The predicted molar refractivity (Wildman–Crippen MR) is 72.0 cm³/mol. The summed E-state index contributed by atoms with van der Waals surface area (Å²) < 4.78 is 11.6. The molecule has 0 radical (unpaired) electrons. The molecule has 1 atom stereocenters. The zero-order valence-corrected chi connectivity index (χ0v) is 12.8. The Bertz CT molecular complexity index is 134. The van der Waals surface area contributed by atoms with Gasteiger partial charge in [0.05, 0.1) is 0 Å². The van der Waals surface area contributed by atoms with E-state index in [1.54, 1.807) is 7.11 Å². The first-order valence-electron chi connectivity index (χ1n) is 6.96. The van der Waals surface area contributed by atoms with Crippen molar-refractivity contribution in [3.63, 3.8) is 0 Å². The van der Waals surface area contributed by atoms with E-state index in [0.29, 0.717) is 0 Å². The van der Waals surface area contributed by atoms with Crippen LogP contribution < -0.4 is 0 Å². The van der Waals surface area contributed by atoms with Crippen molar-refractivity contribution in [2.24, 2.45) is 0 Å². The maximum atomic E-state index is 6.16. The molecule has 0 N–H and O–H groups in total. The van der Waals surface area contributed by atoms with E-state index in [1.807, 2.05) is 0 Å². The topological polar surface area (TPSA) is 18.5 Å². The van der Waals surface area contributed by atoms with E-state index in [0.717, 1.165) is 12.8 Å². The van der Waals surface area contributed by atoms with Crippen molar-refractivity contribution in [1.29, 1.82) is 0 Å². The maximum absolute atomic E-state index is 6.16. The summed E-state index contributed by atoms with van der Waals surface area (Å²) in [5.74, 6) is 0. The second-order valence-corrected chi connectivity index (χ2v) is 7.17. The number of rotatable bonds is 11. The van der Waals surface area contributed by atoms with Crippen LogP contribution in [-0.2, 0) is 8.53 Å². The molecular formula is C13H29AlO2. The zero-order chi connectivity index (χ0) is 12.2. The lowest BCUT2D eigenvalue weighted by molar-refractivity contribution is -0.0618. The van der Waals surface area contributed by atoms with Gasteiger partial charge < -0.3 is 8.53 Å². The van der Waals surface area contributed by atoms with Gasteiger partial charge in [0, 0.05) is 7.11 Å². The van der Waals surface area contributed by atoms with E-state index in [9.17, 15) is 0 Å². The molecule has 0 amide bonds. The summed E-state index contributed by atoms with van der Waals surface area (Å²) in [4.78, 5) is 0. The smallest absolute Gasteiger partial charge is 0.462 e. The van der Waals surface area contributed by atoms with Gasteiger partial charge in [0.25, 0.3) is 0 Å². The van der Waals surface area contributed by atoms with Crippen LogP contribution in [0.3, 0.4) is 0 Å². The van der Waals surface area contributed by atoms with Crippen LogP contribution in [0, 0.1) is 0 Å². The summed E-state index contributed by atoms with van der Waals surface area (Å²) in [5.41, 5.74) is 0. The third-order valence-corrected chi connectivity index (χ3v) is 5.68. The first-order chi connectivity index (χ1) is 7.78. The molecule has 2 nitrogen and oxygen atoms in total. The van der Waals surface area contributed by atoms with Gasteiger partial charge in [-0.25, -0.2) is 0 Å². The van der Waals surface area contributed by atoms with Crippen molar-refractivity contribution in [3.05, 3.63) is 0 Å². The fraction of sp³-hybridized carbons (Fsp3) is 1.00. The van der Waals surface area contributed by atoms with Gasteiger partial charge in [-0.2, -0.15) is 0 Å². The van der Waals surface area contributed by atoms with E-state index in [-0.39, 0.29) is 6.29 Å². The lowest BCUT2D eigenvalue weighted by atomic mass is 10.3. The summed E-state index contributed by atoms with van der Waals surface area (Å²) in [6, 6.07) is 0. The highest BCUT2D eigenvalue weighted by Gasteiger charge is 2.22. The van der Waals surface area contributed by atoms with Crippen molar-refractivity contribution in [2.75, 3.05) is 7.11 Å². The minimum absolute atomic E-state index is 0.0652. The second-order valence-electron chi connectivity index (χ2n) is 4.50. The molecule has 3 heteroatoms. The maximum Gasteiger partial charge on any atom is 0.462 e. The van der Waals surface area contributed by atoms with Crippen LogP contribution >= 0.6 is 0 Å². The highest BCUT2D eigenvalue weighted by Crippen LogP contribution is 2.15. The van der Waals surface area contributed by atoms with Gasteiger partial charge in [0.1, 0.15) is 6.29 Å². The van der Waals surface area contributed by atoms with E-state index in [2.05, 4.69) is 20.8 Å². The third kappa shape index (κ3) is 8.59. The molecular weight excluding hydrogens is 215 g/mol. The van der Waals surface area contributed by atoms with Gasteiger partial charge in [-0.05, 0) is 6.42 Å². The van der Waals surface area contributed by atoms with Gasteiger partial charge in [-0.3, -0.25) is 0 Å². The SMILES string of the molecule is CCC[CH2][Al]([CH2]CCC)[O]C(CCC)OC. The van der Waals surface area contributed by atoms with Gasteiger partial charge >= 0.3 is 14.5 Å². The Morgan fingerprint density at radius 1 is 0.938 bits per heavy atom. The van der Waals surface area contributed by atoms with Crippen molar-refractivity contribution in [2.45, 2.75) is 76.2 Å². The Hall–Kier alpha value is 0.452. The summed E-state index contributed by atoms with van der Waals surface area (Å²) in [6.07, 6.45) is 7.45. The molecule has 0 bridgehead atoms. The monoisotopic (exact) mass is 244 g/mol. The molecule has 0 aliphatic carbocycles.